The Balaban J connectivity index is 1.96. The summed E-state index contributed by atoms with van der Waals surface area (Å²) < 4.78 is 10.4. The maximum atomic E-state index is 12.1. The van der Waals surface area contributed by atoms with Gasteiger partial charge in [-0.15, -0.1) is 0 Å². The molecule has 3 N–H and O–H groups in total. The zero-order valence-corrected chi connectivity index (χ0v) is 13.7. The van der Waals surface area contributed by atoms with Gasteiger partial charge in [-0.3, -0.25) is 9.59 Å². The predicted octanol–water partition coefficient (Wildman–Crippen LogP) is 1.66. The molecule has 0 bridgehead atoms. The molecule has 2 aromatic carbocycles. The number of methoxy groups -OCH3 is 2. The van der Waals surface area contributed by atoms with Gasteiger partial charge in [0.1, 0.15) is 0 Å². The number of hydrogen-bond donors (Lipinski definition) is 2. The minimum Gasteiger partial charge on any atom is -0.493 e. The first-order chi connectivity index (χ1) is 11.5. The van der Waals surface area contributed by atoms with E-state index < -0.39 is 5.91 Å². The Bertz CT molecular complexity index is 744. The molecule has 2 amide bonds. The highest BCUT2D eigenvalue weighted by molar-refractivity contribution is 5.92. The number of nitrogens with one attached hydrogen (secondary N) is 1. The largest absolute Gasteiger partial charge is 0.493 e. The summed E-state index contributed by atoms with van der Waals surface area (Å²) in [7, 11) is 3.11. The Hall–Kier alpha value is -3.02. The Kier molecular flexibility index (Phi) is 5.78. The number of rotatable bonds is 7. The highest BCUT2D eigenvalue weighted by Gasteiger charge is 2.09. The van der Waals surface area contributed by atoms with Crippen LogP contribution in [0.4, 0.5) is 0 Å². The van der Waals surface area contributed by atoms with Gasteiger partial charge in [-0.2, -0.15) is 0 Å². The zero-order chi connectivity index (χ0) is 17.5. The summed E-state index contributed by atoms with van der Waals surface area (Å²) in [5.74, 6) is 0.571. The topological polar surface area (TPSA) is 90.6 Å². The second-order valence-electron chi connectivity index (χ2n) is 5.21. The van der Waals surface area contributed by atoms with Crippen molar-refractivity contribution in [3.8, 4) is 11.5 Å². The van der Waals surface area contributed by atoms with Crippen molar-refractivity contribution >= 4 is 11.8 Å². The van der Waals surface area contributed by atoms with Gasteiger partial charge >= 0.3 is 0 Å². The number of carbonyl (C=O) groups excluding carboxylic acids is 2. The van der Waals surface area contributed by atoms with Crippen molar-refractivity contribution in [3.63, 3.8) is 0 Å². The third kappa shape index (κ3) is 4.49. The standard InChI is InChI=1S/C18H20N2O4/c1-23-15-7-6-12(9-16(15)24-2)10-17(21)20-11-13-4-3-5-14(8-13)18(19)22/h3-9H,10-11H2,1-2H3,(H2,19,22)(H,20,21). The van der Waals surface area contributed by atoms with E-state index in [4.69, 9.17) is 15.2 Å². The molecular formula is C18H20N2O4. The molecule has 2 aromatic rings. The fourth-order valence-electron chi connectivity index (χ4n) is 2.27. The second kappa shape index (κ2) is 8.01. The van der Waals surface area contributed by atoms with Gasteiger partial charge < -0.3 is 20.5 Å². The summed E-state index contributed by atoms with van der Waals surface area (Å²) in [5, 5.41) is 2.82. The van der Waals surface area contributed by atoms with Gasteiger partial charge in [-0.25, -0.2) is 0 Å². The van der Waals surface area contributed by atoms with E-state index in [1.807, 2.05) is 12.1 Å². The molecule has 0 heterocycles. The molecule has 0 saturated carbocycles. The van der Waals surface area contributed by atoms with Crippen LogP contribution in [-0.4, -0.2) is 26.0 Å². The summed E-state index contributed by atoms with van der Waals surface area (Å²) in [5.41, 5.74) is 7.29. The van der Waals surface area contributed by atoms with Gasteiger partial charge in [-0.05, 0) is 35.4 Å². The van der Waals surface area contributed by atoms with Crippen LogP contribution in [0.3, 0.4) is 0 Å². The van der Waals surface area contributed by atoms with Crippen LogP contribution in [0, 0.1) is 0 Å². The van der Waals surface area contributed by atoms with E-state index in [-0.39, 0.29) is 12.3 Å². The molecule has 0 fully saturated rings. The first-order valence-corrected chi connectivity index (χ1v) is 7.40. The number of nitrogens with two attached hydrogens (primary N) is 1. The lowest BCUT2D eigenvalue weighted by Gasteiger charge is -2.10. The fraction of sp³-hybridized carbons (Fsp3) is 0.222. The van der Waals surface area contributed by atoms with Crippen LogP contribution in [0.5, 0.6) is 11.5 Å². The average Bonchev–Trinajstić information content (AvgIpc) is 2.60. The van der Waals surface area contributed by atoms with Gasteiger partial charge in [0.15, 0.2) is 11.5 Å². The Morgan fingerprint density at radius 1 is 1.00 bits per heavy atom. The lowest BCUT2D eigenvalue weighted by atomic mass is 10.1. The van der Waals surface area contributed by atoms with E-state index >= 15 is 0 Å². The maximum absolute atomic E-state index is 12.1. The summed E-state index contributed by atoms with van der Waals surface area (Å²) in [4.78, 5) is 23.2. The monoisotopic (exact) mass is 328 g/mol. The Labute approximate surface area is 140 Å². The summed E-state index contributed by atoms with van der Waals surface area (Å²) >= 11 is 0. The first-order valence-electron chi connectivity index (χ1n) is 7.40. The van der Waals surface area contributed by atoms with E-state index in [0.717, 1.165) is 11.1 Å². The molecular weight excluding hydrogens is 308 g/mol. The van der Waals surface area contributed by atoms with Crippen molar-refractivity contribution < 1.29 is 19.1 Å². The molecule has 0 unspecified atom stereocenters. The maximum Gasteiger partial charge on any atom is 0.248 e. The molecule has 0 spiro atoms. The third-order valence-electron chi connectivity index (χ3n) is 3.51. The van der Waals surface area contributed by atoms with Crippen LogP contribution in [-0.2, 0) is 17.8 Å². The Morgan fingerprint density at radius 2 is 1.75 bits per heavy atom. The lowest BCUT2D eigenvalue weighted by Crippen LogP contribution is -2.24. The number of ether oxygens (including phenoxy) is 2. The van der Waals surface area contributed by atoms with E-state index in [2.05, 4.69) is 5.32 Å². The molecule has 2 rings (SSSR count). The molecule has 6 nitrogen and oxygen atoms in total. The van der Waals surface area contributed by atoms with Gasteiger partial charge in [0.25, 0.3) is 0 Å². The fourth-order valence-corrected chi connectivity index (χ4v) is 2.27. The lowest BCUT2D eigenvalue weighted by molar-refractivity contribution is -0.120. The van der Waals surface area contributed by atoms with E-state index in [1.165, 1.54) is 0 Å². The second-order valence-corrected chi connectivity index (χ2v) is 5.21. The molecule has 0 aliphatic rings. The number of hydrogen-bond acceptors (Lipinski definition) is 4. The molecule has 6 heteroatoms. The van der Waals surface area contributed by atoms with Crippen LogP contribution < -0.4 is 20.5 Å². The third-order valence-corrected chi connectivity index (χ3v) is 3.51. The summed E-state index contributed by atoms with van der Waals surface area (Å²) in [6.07, 6.45) is 0.218. The molecule has 0 aliphatic heterocycles. The molecule has 0 aromatic heterocycles. The van der Waals surface area contributed by atoms with E-state index in [9.17, 15) is 9.59 Å². The minimum atomic E-state index is -0.492. The normalized spacial score (nSPS) is 10.1. The van der Waals surface area contributed by atoms with Crippen molar-refractivity contribution in [3.05, 3.63) is 59.2 Å². The Morgan fingerprint density at radius 3 is 2.42 bits per heavy atom. The highest BCUT2D eigenvalue weighted by atomic mass is 16.5. The quantitative estimate of drug-likeness (QED) is 0.809. The highest BCUT2D eigenvalue weighted by Crippen LogP contribution is 2.27. The van der Waals surface area contributed by atoms with Crippen molar-refractivity contribution in [2.75, 3.05) is 14.2 Å². The van der Waals surface area contributed by atoms with Crippen LogP contribution >= 0.6 is 0 Å². The van der Waals surface area contributed by atoms with Crippen molar-refractivity contribution in [1.82, 2.24) is 5.32 Å². The van der Waals surface area contributed by atoms with Crippen LogP contribution in [0.1, 0.15) is 21.5 Å². The zero-order valence-electron chi connectivity index (χ0n) is 13.7. The minimum absolute atomic E-state index is 0.133. The van der Waals surface area contributed by atoms with Crippen LogP contribution in [0.15, 0.2) is 42.5 Å². The van der Waals surface area contributed by atoms with Crippen molar-refractivity contribution in [2.45, 2.75) is 13.0 Å². The summed E-state index contributed by atoms with van der Waals surface area (Å²) in [6, 6.07) is 12.2. The van der Waals surface area contributed by atoms with E-state index in [0.29, 0.717) is 23.6 Å². The van der Waals surface area contributed by atoms with Gasteiger partial charge in [-0.1, -0.05) is 18.2 Å². The molecule has 0 atom stereocenters. The average molecular weight is 328 g/mol. The molecule has 126 valence electrons. The summed E-state index contributed by atoms with van der Waals surface area (Å²) in [6.45, 7) is 0.327. The van der Waals surface area contributed by atoms with Crippen LogP contribution in [0.25, 0.3) is 0 Å². The van der Waals surface area contributed by atoms with Gasteiger partial charge in [0, 0.05) is 12.1 Å². The number of primary amides is 1. The SMILES string of the molecule is COc1ccc(CC(=O)NCc2cccc(C(N)=O)c2)cc1OC. The predicted molar refractivity (Wildman–Crippen MR) is 90.1 cm³/mol. The van der Waals surface area contributed by atoms with Gasteiger partial charge in [0.05, 0.1) is 20.6 Å². The molecule has 0 saturated heterocycles. The number of amides is 2. The number of benzene rings is 2. The molecule has 0 radical (unpaired) electrons. The van der Waals surface area contributed by atoms with Crippen LogP contribution in [0.2, 0.25) is 0 Å². The van der Waals surface area contributed by atoms with Crippen molar-refractivity contribution in [1.29, 1.82) is 0 Å². The van der Waals surface area contributed by atoms with Gasteiger partial charge in [0.2, 0.25) is 11.8 Å². The molecule has 24 heavy (non-hydrogen) atoms. The number of carbonyl (C=O) groups is 2. The molecule has 0 aliphatic carbocycles. The smallest absolute Gasteiger partial charge is 0.248 e. The van der Waals surface area contributed by atoms with E-state index in [1.54, 1.807) is 44.6 Å². The first kappa shape index (κ1) is 17.3. The van der Waals surface area contributed by atoms with Crippen molar-refractivity contribution in [2.24, 2.45) is 5.73 Å².